The Kier molecular flexibility index (Phi) is 5.25. The first-order chi connectivity index (χ1) is 15.2. The van der Waals surface area contributed by atoms with Gasteiger partial charge in [-0.15, -0.1) is 0 Å². The summed E-state index contributed by atoms with van der Waals surface area (Å²) < 4.78 is 70.2. The molecule has 1 N–H and O–H groups in total. The van der Waals surface area contributed by atoms with E-state index in [4.69, 9.17) is 0 Å². The van der Waals surface area contributed by atoms with Crippen molar-refractivity contribution in [2.75, 3.05) is 5.32 Å². The van der Waals surface area contributed by atoms with Gasteiger partial charge in [-0.05, 0) is 31.2 Å². The van der Waals surface area contributed by atoms with Crippen LogP contribution in [-0.4, -0.2) is 20.3 Å². The summed E-state index contributed by atoms with van der Waals surface area (Å²) in [6.45, 7) is 1.13. The van der Waals surface area contributed by atoms with E-state index in [1.54, 1.807) is 29.6 Å². The highest BCUT2D eigenvalue weighted by molar-refractivity contribution is 5.91. The van der Waals surface area contributed by atoms with Gasteiger partial charge in [0.15, 0.2) is 28.9 Å². The SMILES string of the molecule is Cc1ccc(-n2c(=O)c3cccnc3n2CC(=O)Nc2c(F)c(F)c(F)c(F)c2F)cc1. The van der Waals surface area contributed by atoms with E-state index in [9.17, 15) is 31.5 Å². The molecule has 0 aliphatic rings. The highest BCUT2D eigenvalue weighted by Crippen LogP contribution is 2.27. The van der Waals surface area contributed by atoms with Crippen LogP contribution in [0, 0.1) is 36.0 Å². The van der Waals surface area contributed by atoms with E-state index >= 15 is 0 Å². The van der Waals surface area contributed by atoms with E-state index in [2.05, 4.69) is 4.98 Å². The van der Waals surface area contributed by atoms with Gasteiger partial charge in [0.25, 0.3) is 5.56 Å². The van der Waals surface area contributed by atoms with Crippen molar-refractivity contribution in [3.8, 4) is 5.69 Å². The van der Waals surface area contributed by atoms with Gasteiger partial charge in [0, 0.05) is 6.20 Å². The predicted molar refractivity (Wildman–Crippen MR) is 105 cm³/mol. The number of aromatic nitrogens is 3. The summed E-state index contributed by atoms with van der Waals surface area (Å²) in [6, 6.07) is 9.69. The molecule has 0 spiro atoms. The number of amides is 1. The Morgan fingerprint density at radius 2 is 1.53 bits per heavy atom. The van der Waals surface area contributed by atoms with Gasteiger partial charge in [-0.3, -0.25) is 14.3 Å². The molecule has 2 aromatic carbocycles. The highest BCUT2D eigenvalue weighted by atomic mass is 19.2. The Bertz CT molecular complexity index is 1400. The number of aryl methyl sites for hydroxylation is 1. The van der Waals surface area contributed by atoms with Crippen molar-refractivity contribution in [1.82, 2.24) is 14.3 Å². The minimum absolute atomic E-state index is 0.0886. The van der Waals surface area contributed by atoms with Crippen LogP contribution < -0.4 is 10.9 Å². The molecule has 0 saturated carbocycles. The van der Waals surface area contributed by atoms with E-state index in [0.717, 1.165) is 14.9 Å². The molecule has 1 amide bonds. The van der Waals surface area contributed by atoms with Gasteiger partial charge in [-0.2, -0.15) is 0 Å². The zero-order valence-corrected chi connectivity index (χ0v) is 16.3. The molecule has 6 nitrogen and oxygen atoms in total. The van der Waals surface area contributed by atoms with E-state index in [1.807, 2.05) is 6.92 Å². The first-order valence-electron chi connectivity index (χ1n) is 9.15. The minimum Gasteiger partial charge on any atom is -0.319 e. The number of hydrogen-bond donors (Lipinski definition) is 1. The van der Waals surface area contributed by atoms with Gasteiger partial charge in [0.1, 0.15) is 12.2 Å². The van der Waals surface area contributed by atoms with Crippen LogP contribution in [0.2, 0.25) is 0 Å². The second kappa shape index (κ2) is 7.91. The molecule has 2 aromatic heterocycles. The Balaban J connectivity index is 1.79. The number of fused-ring (bicyclic) bond motifs is 1. The molecule has 0 saturated heterocycles. The average molecular weight is 448 g/mol. The lowest BCUT2D eigenvalue weighted by atomic mass is 10.2. The molecule has 0 unspecified atom stereocenters. The van der Waals surface area contributed by atoms with Crippen molar-refractivity contribution in [1.29, 1.82) is 0 Å². The lowest BCUT2D eigenvalue weighted by Crippen LogP contribution is -2.28. The molecule has 0 bridgehead atoms. The number of nitrogens with one attached hydrogen (secondary N) is 1. The number of halogens is 5. The Hall–Kier alpha value is -4.02. The van der Waals surface area contributed by atoms with Crippen LogP contribution >= 0.6 is 0 Å². The van der Waals surface area contributed by atoms with E-state index in [1.165, 1.54) is 18.3 Å². The summed E-state index contributed by atoms with van der Waals surface area (Å²) in [6.07, 6.45) is 1.37. The molecule has 0 aliphatic heterocycles. The van der Waals surface area contributed by atoms with Crippen LogP contribution in [0.25, 0.3) is 16.7 Å². The number of nitrogens with zero attached hydrogens (tertiary/aromatic N) is 3. The molecule has 0 atom stereocenters. The molecule has 0 aliphatic carbocycles. The second-order valence-electron chi connectivity index (χ2n) is 6.88. The van der Waals surface area contributed by atoms with Crippen LogP contribution in [0.5, 0.6) is 0 Å². The van der Waals surface area contributed by atoms with Gasteiger partial charge < -0.3 is 5.32 Å². The fraction of sp³-hybridized carbons (Fsp3) is 0.0952. The number of pyridine rings is 1. The van der Waals surface area contributed by atoms with Crippen molar-refractivity contribution >= 4 is 22.6 Å². The van der Waals surface area contributed by atoms with Gasteiger partial charge in [-0.25, -0.2) is 31.6 Å². The van der Waals surface area contributed by atoms with Crippen molar-refractivity contribution in [3.63, 3.8) is 0 Å². The number of carbonyl (C=O) groups is 1. The molecular weight excluding hydrogens is 435 g/mol. The molecule has 4 aromatic rings. The van der Waals surface area contributed by atoms with Gasteiger partial charge in [-0.1, -0.05) is 17.7 Å². The monoisotopic (exact) mass is 448 g/mol. The van der Waals surface area contributed by atoms with Crippen LogP contribution in [-0.2, 0) is 11.3 Å². The maximum Gasteiger partial charge on any atom is 0.280 e. The molecule has 0 fully saturated rings. The minimum atomic E-state index is -2.34. The summed E-state index contributed by atoms with van der Waals surface area (Å²) in [4.78, 5) is 29.5. The summed E-state index contributed by atoms with van der Waals surface area (Å²) in [5.41, 5.74) is -0.624. The number of carbonyl (C=O) groups excluding carboxylic acids is 1. The van der Waals surface area contributed by atoms with Crippen molar-refractivity contribution in [3.05, 3.63) is 87.6 Å². The average Bonchev–Trinajstić information content (AvgIpc) is 3.06. The molecule has 11 heteroatoms. The standard InChI is InChI=1S/C21H13F5N4O2/c1-10-4-6-11(7-5-10)30-21(32)12-3-2-8-27-20(12)29(30)9-13(31)28-19-17(25)15(23)14(22)16(24)18(19)26/h2-8H,9H2,1H3,(H,28,31). The number of rotatable bonds is 4. The molecule has 164 valence electrons. The van der Waals surface area contributed by atoms with Gasteiger partial charge >= 0.3 is 0 Å². The second-order valence-corrected chi connectivity index (χ2v) is 6.88. The lowest BCUT2D eigenvalue weighted by Gasteiger charge is -2.14. The molecule has 0 radical (unpaired) electrons. The molecular formula is C21H13F5N4O2. The fourth-order valence-corrected chi connectivity index (χ4v) is 3.21. The lowest BCUT2D eigenvalue weighted by molar-refractivity contribution is -0.117. The smallest absolute Gasteiger partial charge is 0.280 e. The summed E-state index contributed by atoms with van der Waals surface area (Å²) in [5, 5.41) is 1.86. The van der Waals surface area contributed by atoms with Crippen molar-refractivity contribution < 1.29 is 26.7 Å². The van der Waals surface area contributed by atoms with Crippen LogP contribution in [0.15, 0.2) is 47.4 Å². The Morgan fingerprint density at radius 1 is 0.938 bits per heavy atom. The third-order valence-corrected chi connectivity index (χ3v) is 4.74. The number of hydrogen-bond acceptors (Lipinski definition) is 3. The normalized spacial score (nSPS) is 11.2. The molecule has 4 rings (SSSR count). The van der Waals surface area contributed by atoms with Gasteiger partial charge in [0.2, 0.25) is 11.7 Å². The van der Waals surface area contributed by atoms with E-state index in [0.29, 0.717) is 5.69 Å². The largest absolute Gasteiger partial charge is 0.319 e. The third-order valence-electron chi connectivity index (χ3n) is 4.74. The quantitative estimate of drug-likeness (QED) is 0.293. The highest BCUT2D eigenvalue weighted by Gasteiger charge is 2.27. The van der Waals surface area contributed by atoms with Crippen molar-refractivity contribution in [2.45, 2.75) is 13.5 Å². The third kappa shape index (κ3) is 3.41. The number of benzene rings is 2. The van der Waals surface area contributed by atoms with Crippen molar-refractivity contribution in [2.24, 2.45) is 0 Å². The topological polar surface area (TPSA) is 68.9 Å². The summed E-state index contributed by atoms with van der Waals surface area (Å²) in [7, 11) is 0. The zero-order chi connectivity index (χ0) is 23.2. The van der Waals surface area contributed by atoms with Crippen LogP contribution in [0.4, 0.5) is 27.6 Å². The predicted octanol–water partition coefficient (Wildman–Crippen LogP) is 3.83. The zero-order valence-electron chi connectivity index (χ0n) is 16.3. The summed E-state index contributed by atoms with van der Waals surface area (Å²) in [5.74, 6) is -12.2. The summed E-state index contributed by atoms with van der Waals surface area (Å²) >= 11 is 0. The van der Waals surface area contributed by atoms with Gasteiger partial charge in [0.05, 0.1) is 11.1 Å². The van der Waals surface area contributed by atoms with E-state index < -0.39 is 52.8 Å². The Morgan fingerprint density at radius 3 is 2.16 bits per heavy atom. The fourth-order valence-electron chi connectivity index (χ4n) is 3.21. The molecule has 2 heterocycles. The Labute approximate surface area is 176 Å². The van der Waals surface area contributed by atoms with Crippen LogP contribution in [0.3, 0.4) is 0 Å². The van der Waals surface area contributed by atoms with Crippen LogP contribution in [0.1, 0.15) is 5.56 Å². The maximum atomic E-state index is 13.9. The maximum absolute atomic E-state index is 13.9. The molecule has 32 heavy (non-hydrogen) atoms. The number of anilines is 1. The first kappa shape index (κ1) is 21.2. The first-order valence-corrected chi connectivity index (χ1v) is 9.15. The van der Waals surface area contributed by atoms with E-state index in [-0.39, 0.29) is 11.0 Å².